The maximum absolute atomic E-state index is 11.5. The normalized spacial score (nSPS) is 35.5. The van der Waals surface area contributed by atoms with Crippen molar-refractivity contribution in [2.24, 2.45) is 4.99 Å². The molecule has 1 amide bonds. The molecular formula is C12H18ClN3OS2. The highest BCUT2D eigenvalue weighted by Gasteiger charge is 2.31. The molecule has 7 heteroatoms. The number of allylic oxidation sites excluding steroid dienone is 1. The molecule has 2 N–H and O–H groups in total. The van der Waals surface area contributed by atoms with Crippen LogP contribution in [0.5, 0.6) is 0 Å². The number of aliphatic imine (C=N–C) groups is 1. The van der Waals surface area contributed by atoms with Crippen LogP contribution in [0.15, 0.2) is 16.8 Å². The molecule has 19 heavy (non-hydrogen) atoms. The molecule has 0 aromatic carbocycles. The molecule has 4 nitrogen and oxygen atoms in total. The number of amides is 1. The van der Waals surface area contributed by atoms with Gasteiger partial charge in [0, 0.05) is 23.6 Å². The highest BCUT2D eigenvalue weighted by Crippen LogP contribution is 2.32. The lowest BCUT2D eigenvalue weighted by Gasteiger charge is -2.17. The largest absolute Gasteiger partial charge is 0.344 e. The summed E-state index contributed by atoms with van der Waals surface area (Å²) in [7, 11) is 0. The van der Waals surface area contributed by atoms with Gasteiger partial charge in [0.15, 0.2) is 0 Å². The summed E-state index contributed by atoms with van der Waals surface area (Å²) >= 11 is 9.68. The van der Waals surface area contributed by atoms with Crippen LogP contribution in [-0.4, -0.2) is 38.9 Å². The molecule has 4 atom stereocenters. The van der Waals surface area contributed by atoms with Gasteiger partial charge in [-0.15, -0.1) is 35.1 Å². The minimum absolute atomic E-state index is 0.0496. The highest BCUT2D eigenvalue weighted by atomic mass is 35.5. The molecule has 0 bridgehead atoms. The van der Waals surface area contributed by atoms with Crippen LogP contribution in [-0.2, 0) is 4.79 Å². The lowest BCUT2D eigenvalue weighted by atomic mass is 10.3. The summed E-state index contributed by atoms with van der Waals surface area (Å²) < 4.78 is 0.0930. The number of nitrogens with zero attached hydrogens (tertiary/aromatic N) is 1. The van der Waals surface area contributed by atoms with Gasteiger partial charge >= 0.3 is 0 Å². The second-order valence-electron chi connectivity index (χ2n) is 4.68. The minimum Gasteiger partial charge on any atom is -0.344 e. The zero-order valence-corrected chi connectivity index (χ0v) is 13.5. The van der Waals surface area contributed by atoms with Crippen LogP contribution in [0.2, 0.25) is 0 Å². The van der Waals surface area contributed by atoms with Crippen molar-refractivity contribution in [2.45, 2.75) is 42.9 Å². The van der Waals surface area contributed by atoms with E-state index in [9.17, 15) is 4.79 Å². The van der Waals surface area contributed by atoms with Crippen molar-refractivity contribution >= 4 is 46.1 Å². The first kappa shape index (κ1) is 15.2. The third-order valence-electron chi connectivity index (χ3n) is 2.87. The molecule has 2 rings (SSSR count). The van der Waals surface area contributed by atoms with Crippen LogP contribution in [0.4, 0.5) is 0 Å². The van der Waals surface area contributed by atoms with E-state index in [1.54, 1.807) is 23.5 Å². The molecule has 106 valence electrons. The molecule has 1 saturated heterocycles. The third-order valence-corrected chi connectivity index (χ3v) is 5.88. The van der Waals surface area contributed by atoms with Gasteiger partial charge in [-0.25, -0.2) is 4.99 Å². The van der Waals surface area contributed by atoms with Crippen molar-refractivity contribution in [2.75, 3.05) is 5.75 Å². The molecule has 0 spiro atoms. The van der Waals surface area contributed by atoms with Gasteiger partial charge in [0.05, 0.1) is 21.2 Å². The van der Waals surface area contributed by atoms with Crippen LogP contribution < -0.4 is 10.6 Å². The summed E-state index contributed by atoms with van der Waals surface area (Å²) in [4.78, 5) is 16.0. The van der Waals surface area contributed by atoms with E-state index in [1.165, 1.54) is 6.08 Å². The molecule has 1 fully saturated rings. The van der Waals surface area contributed by atoms with E-state index in [2.05, 4.69) is 22.5 Å². The van der Waals surface area contributed by atoms with Crippen LogP contribution in [0.1, 0.15) is 20.8 Å². The number of rotatable bonds is 2. The van der Waals surface area contributed by atoms with Crippen molar-refractivity contribution in [3.05, 3.63) is 11.8 Å². The number of nitrogens with one attached hydrogen (secondary N) is 2. The van der Waals surface area contributed by atoms with E-state index in [-0.39, 0.29) is 22.7 Å². The van der Waals surface area contributed by atoms with E-state index in [1.807, 2.05) is 13.8 Å². The monoisotopic (exact) mass is 319 g/mol. The van der Waals surface area contributed by atoms with Crippen molar-refractivity contribution in [1.29, 1.82) is 0 Å². The highest BCUT2D eigenvalue weighted by molar-refractivity contribution is 8.14. The zero-order chi connectivity index (χ0) is 14.0. The van der Waals surface area contributed by atoms with Crippen molar-refractivity contribution in [3.63, 3.8) is 0 Å². The second-order valence-corrected chi connectivity index (χ2v) is 7.94. The van der Waals surface area contributed by atoms with E-state index in [0.29, 0.717) is 5.37 Å². The molecule has 3 unspecified atom stereocenters. The van der Waals surface area contributed by atoms with E-state index < -0.39 is 0 Å². The maximum atomic E-state index is 11.5. The predicted molar refractivity (Wildman–Crippen MR) is 84.9 cm³/mol. The van der Waals surface area contributed by atoms with Crippen LogP contribution in [0.3, 0.4) is 0 Å². The fourth-order valence-electron chi connectivity index (χ4n) is 1.97. The SMILES string of the molecule is CC1=CC(=O)N[C@H](C)C(SCC2NC(C)SC2Cl)=N1. The molecule has 0 radical (unpaired) electrons. The van der Waals surface area contributed by atoms with Crippen LogP contribution >= 0.6 is 35.1 Å². The fraction of sp³-hybridized carbons (Fsp3) is 0.667. The van der Waals surface area contributed by atoms with Gasteiger partial charge in [0.2, 0.25) is 5.91 Å². The lowest BCUT2D eigenvalue weighted by molar-refractivity contribution is -0.116. The Labute approximate surface area is 127 Å². The zero-order valence-electron chi connectivity index (χ0n) is 11.1. The lowest BCUT2D eigenvalue weighted by Crippen LogP contribution is -2.37. The van der Waals surface area contributed by atoms with Crippen LogP contribution in [0.25, 0.3) is 0 Å². The smallest absolute Gasteiger partial charge is 0.246 e. The molecule has 2 heterocycles. The Bertz CT molecular complexity index is 427. The first-order chi connectivity index (χ1) is 8.95. The molecular weight excluding hydrogens is 302 g/mol. The number of carbonyl (C=O) groups is 1. The average Bonchev–Trinajstić information content (AvgIpc) is 2.55. The van der Waals surface area contributed by atoms with Gasteiger partial charge in [-0.05, 0) is 20.8 Å². The first-order valence-corrected chi connectivity index (χ1v) is 8.58. The number of thioether (sulfide) groups is 2. The molecule has 0 aliphatic carbocycles. The van der Waals surface area contributed by atoms with Gasteiger partial charge in [0.1, 0.15) is 0 Å². The Morgan fingerprint density at radius 3 is 2.89 bits per heavy atom. The Balaban J connectivity index is 1.95. The summed E-state index contributed by atoms with van der Waals surface area (Å²) in [5, 5.41) is 7.67. The van der Waals surface area contributed by atoms with Crippen molar-refractivity contribution in [3.8, 4) is 0 Å². The van der Waals surface area contributed by atoms with Gasteiger partial charge in [-0.2, -0.15) is 0 Å². The number of halogens is 1. The summed E-state index contributed by atoms with van der Waals surface area (Å²) in [5.74, 6) is 0.778. The van der Waals surface area contributed by atoms with Gasteiger partial charge in [-0.3, -0.25) is 10.1 Å². The summed E-state index contributed by atoms with van der Waals surface area (Å²) in [5.41, 5.74) is 0.744. The first-order valence-electron chi connectivity index (χ1n) is 6.21. The summed E-state index contributed by atoms with van der Waals surface area (Å²) in [6.07, 6.45) is 1.53. The standard InChI is InChI=1S/C12H18ClN3OS2/c1-6-4-10(17)15-7(2)12(14-6)18-5-9-11(13)19-8(3)16-9/h4,7-9,11,16H,5H2,1-3H3,(H,15,17)/t7-,8?,9?,11?/m1/s1. The molecule has 2 aliphatic heterocycles. The molecule has 0 aromatic heterocycles. The predicted octanol–water partition coefficient (Wildman–Crippen LogP) is 2.16. The summed E-state index contributed by atoms with van der Waals surface area (Å²) in [6, 6.07) is 0.219. The maximum Gasteiger partial charge on any atom is 0.246 e. The fourth-order valence-corrected chi connectivity index (χ4v) is 4.99. The van der Waals surface area contributed by atoms with Crippen molar-refractivity contribution < 1.29 is 4.79 Å². The van der Waals surface area contributed by atoms with Crippen molar-refractivity contribution in [1.82, 2.24) is 10.6 Å². The van der Waals surface area contributed by atoms with Gasteiger partial charge < -0.3 is 5.32 Å². The Morgan fingerprint density at radius 2 is 2.26 bits per heavy atom. The molecule has 0 saturated carbocycles. The Hall–Kier alpha value is -0.170. The number of carbonyl (C=O) groups excluding carboxylic acids is 1. The van der Waals surface area contributed by atoms with Gasteiger partial charge in [0.25, 0.3) is 0 Å². The Morgan fingerprint density at radius 1 is 1.53 bits per heavy atom. The topological polar surface area (TPSA) is 53.5 Å². The molecule has 0 aromatic rings. The number of hydrogen-bond donors (Lipinski definition) is 2. The molecule has 2 aliphatic rings. The summed E-state index contributed by atoms with van der Waals surface area (Å²) in [6.45, 7) is 5.91. The van der Waals surface area contributed by atoms with E-state index in [0.717, 1.165) is 16.5 Å². The van der Waals surface area contributed by atoms with Gasteiger partial charge in [-0.1, -0.05) is 0 Å². The van der Waals surface area contributed by atoms with E-state index in [4.69, 9.17) is 11.6 Å². The number of hydrogen-bond acceptors (Lipinski definition) is 5. The van der Waals surface area contributed by atoms with Crippen LogP contribution in [0, 0.1) is 0 Å². The van der Waals surface area contributed by atoms with E-state index >= 15 is 0 Å². The Kier molecular flexibility index (Phi) is 5.22. The third kappa shape index (κ3) is 4.15. The minimum atomic E-state index is -0.0808. The average molecular weight is 320 g/mol. The second kappa shape index (κ2) is 6.52. The quantitative estimate of drug-likeness (QED) is 0.766. The number of alkyl halides is 1.